The van der Waals surface area contributed by atoms with E-state index < -0.39 is 0 Å². The second-order valence-corrected chi connectivity index (χ2v) is 6.37. The van der Waals surface area contributed by atoms with Crippen LogP contribution in [0.2, 0.25) is 0 Å². The number of carbonyl (C=O) groups excluding carboxylic acids is 2. The van der Waals surface area contributed by atoms with Crippen molar-refractivity contribution in [1.29, 1.82) is 0 Å². The molecule has 0 spiro atoms. The average Bonchev–Trinajstić information content (AvgIpc) is 2.63. The molecule has 0 aliphatic rings. The standard InChI is InChI=1S/C21H33NO3/c1-3-5-7-11-18-25-21(24)16-12-15-20(23)22(17-6-4-2)19-13-9-8-10-14-19/h8-10,13-14H,3-7,11-12,15-18H2,1-2H3. The molecule has 0 bridgehead atoms. The molecular weight excluding hydrogens is 314 g/mol. The SMILES string of the molecule is CCCCCCOC(=O)CCCC(=O)N(CCCC)c1ccccc1. The Bertz CT molecular complexity index is 487. The Morgan fingerprint density at radius 3 is 2.28 bits per heavy atom. The number of para-hydroxylation sites is 1. The van der Waals surface area contributed by atoms with E-state index in [2.05, 4.69) is 13.8 Å². The first kappa shape index (κ1) is 21.2. The van der Waals surface area contributed by atoms with Gasteiger partial charge in [0.15, 0.2) is 0 Å². The number of esters is 1. The molecule has 1 amide bonds. The number of hydrogen-bond acceptors (Lipinski definition) is 3. The average molecular weight is 347 g/mol. The van der Waals surface area contributed by atoms with Gasteiger partial charge in [-0.05, 0) is 31.4 Å². The molecule has 0 saturated carbocycles. The molecule has 0 aromatic heterocycles. The van der Waals surface area contributed by atoms with E-state index in [9.17, 15) is 9.59 Å². The molecule has 4 heteroatoms. The lowest BCUT2D eigenvalue weighted by molar-refractivity contribution is -0.143. The molecule has 4 nitrogen and oxygen atoms in total. The molecule has 0 radical (unpaired) electrons. The molecule has 25 heavy (non-hydrogen) atoms. The van der Waals surface area contributed by atoms with Gasteiger partial charge in [0.25, 0.3) is 0 Å². The molecular formula is C21H33NO3. The lowest BCUT2D eigenvalue weighted by Crippen LogP contribution is -2.31. The van der Waals surface area contributed by atoms with Crippen LogP contribution in [0.1, 0.15) is 71.6 Å². The van der Waals surface area contributed by atoms with E-state index in [-0.39, 0.29) is 11.9 Å². The third-order valence-corrected chi connectivity index (χ3v) is 4.14. The van der Waals surface area contributed by atoms with Gasteiger partial charge in [0.2, 0.25) is 5.91 Å². The van der Waals surface area contributed by atoms with Crippen LogP contribution in [0, 0.1) is 0 Å². The van der Waals surface area contributed by atoms with E-state index in [4.69, 9.17) is 4.74 Å². The molecule has 0 aliphatic carbocycles. The lowest BCUT2D eigenvalue weighted by atomic mass is 10.2. The van der Waals surface area contributed by atoms with Gasteiger partial charge in [-0.3, -0.25) is 9.59 Å². The topological polar surface area (TPSA) is 46.6 Å². The van der Waals surface area contributed by atoms with Gasteiger partial charge in [0.05, 0.1) is 6.61 Å². The molecule has 0 heterocycles. The fourth-order valence-corrected chi connectivity index (χ4v) is 2.63. The number of benzene rings is 1. The van der Waals surface area contributed by atoms with E-state index in [1.807, 2.05) is 35.2 Å². The Morgan fingerprint density at radius 1 is 0.880 bits per heavy atom. The molecule has 0 N–H and O–H groups in total. The number of ether oxygens (including phenoxy) is 1. The highest BCUT2D eigenvalue weighted by molar-refractivity contribution is 5.93. The van der Waals surface area contributed by atoms with Crippen molar-refractivity contribution in [3.8, 4) is 0 Å². The minimum Gasteiger partial charge on any atom is -0.466 e. The van der Waals surface area contributed by atoms with E-state index in [0.29, 0.717) is 25.9 Å². The molecule has 140 valence electrons. The summed E-state index contributed by atoms with van der Waals surface area (Å²) in [7, 11) is 0. The van der Waals surface area contributed by atoms with Crippen LogP contribution in [0.4, 0.5) is 5.69 Å². The summed E-state index contributed by atoms with van der Waals surface area (Å²) in [5, 5.41) is 0. The van der Waals surface area contributed by atoms with Crippen molar-refractivity contribution in [2.24, 2.45) is 0 Å². The van der Waals surface area contributed by atoms with E-state index in [1.54, 1.807) is 0 Å². The van der Waals surface area contributed by atoms with Crippen LogP contribution in [0.25, 0.3) is 0 Å². The zero-order valence-corrected chi connectivity index (χ0v) is 15.8. The maximum Gasteiger partial charge on any atom is 0.305 e. The minimum atomic E-state index is -0.191. The van der Waals surface area contributed by atoms with Crippen molar-refractivity contribution in [1.82, 2.24) is 0 Å². The monoisotopic (exact) mass is 347 g/mol. The zero-order chi connectivity index (χ0) is 18.3. The quantitative estimate of drug-likeness (QED) is 0.368. The maximum absolute atomic E-state index is 12.5. The maximum atomic E-state index is 12.5. The number of anilines is 1. The summed E-state index contributed by atoms with van der Waals surface area (Å²) >= 11 is 0. The van der Waals surface area contributed by atoms with Gasteiger partial charge in [-0.1, -0.05) is 57.7 Å². The van der Waals surface area contributed by atoms with Gasteiger partial charge in [0.1, 0.15) is 0 Å². The fraction of sp³-hybridized carbons (Fsp3) is 0.619. The summed E-state index contributed by atoms with van der Waals surface area (Å²) < 4.78 is 5.22. The van der Waals surface area contributed by atoms with Gasteiger partial charge in [-0.25, -0.2) is 0 Å². The Morgan fingerprint density at radius 2 is 1.60 bits per heavy atom. The zero-order valence-electron chi connectivity index (χ0n) is 15.8. The van der Waals surface area contributed by atoms with Crippen molar-refractivity contribution in [3.05, 3.63) is 30.3 Å². The molecule has 0 saturated heterocycles. The van der Waals surface area contributed by atoms with E-state index >= 15 is 0 Å². The normalized spacial score (nSPS) is 10.5. The summed E-state index contributed by atoms with van der Waals surface area (Å²) in [5.74, 6) is -0.112. The van der Waals surface area contributed by atoms with Gasteiger partial charge >= 0.3 is 5.97 Å². The summed E-state index contributed by atoms with van der Waals surface area (Å²) in [6.45, 7) is 5.49. The van der Waals surface area contributed by atoms with Crippen LogP contribution in [-0.4, -0.2) is 25.0 Å². The Hall–Kier alpha value is -1.84. The number of nitrogens with zero attached hydrogens (tertiary/aromatic N) is 1. The first-order chi connectivity index (χ1) is 12.2. The summed E-state index contributed by atoms with van der Waals surface area (Å²) in [5.41, 5.74) is 0.930. The third-order valence-electron chi connectivity index (χ3n) is 4.14. The highest BCUT2D eigenvalue weighted by Gasteiger charge is 2.15. The van der Waals surface area contributed by atoms with Crippen LogP contribution >= 0.6 is 0 Å². The summed E-state index contributed by atoms with van der Waals surface area (Å²) in [6.07, 6.45) is 7.64. The third kappa shape index (κ3) is 9.28. The van der Waals surface area contributed by atoms with Crippen LogP contribution in [-0.2, 0) is 14.3 Å². The molecule has 0 aliphatic heterocycles. The lowest BCUT2D eigenvalue weighted by Gasteiger charge is -2.22. The second kappa shape index (κ2) is 13.5. The Balaban J connectivity index is 2.33. The Labute approximate surface area is 152 Å². The van der Waals surface area contributed by atoms with Gasteiger partial charge < -0.3 is 9.64 Å². The van der Waals surface area contributed by atoms with Crippen molar-refractivity contribution in [2.45, 2.75) is 71.6 Å². The van der Waals surface area contributed by atoms with Crippen LogP contribution in [0.3, 0.4) is 0 Å². The highest BCUT2D eigenvalue weighted by atomic mass is 16.5. The van der Waals surface area contributed by atoms with Gasteiger partial charge in [-0.2, -0.15) is 0 Å². The number of hydrogen-bond donors (Lipinski definition) is 0. The van der Waals surface area contributed by atoms with E-state index in [1.165, 1.54) is 12.8 Å². The van der Waals surface area contributed by atoms with Crippen molar-refractivity contribution in [2.75, 3.05) is 18.1 Å². The molecule has 0 fully saturated rings. The molecule has 0 atom stereocenters. The second-order valence-electron chi connectivity index (χ2n) is 6.37. The smallest absolute Gasteiger partial charge is 0.305 e. The summed E-state index contributed by atoms with van der Waals surface area (Å²) in [6, 6.07) is 9.74. The largest absolute Gasteiger partial charge is 0.466 e. The highest BCUT2D eigenvalue weighted by Crippen LogP contribution is 2.16. The minimum absolute atomic E-state index is 0.0791. The van der Waals surface area contributed by atoms with Gasteiger partial charge in [0, 0.05) is 25.1 Å². The number of unbranched alkanes of at least 4 members (excludes halogenated alkanes) is 4. The molecule has 1 aromatic rings. The predicted molar refractivity (Wildman–Crippen MR) is 103 cm³/mol. The number of amides is 1. The fourth-order valence-electron chi connectivity index (χ4n) is 2.63. The van der Waals surface area contributed by atoms with Crippen LogP contribution < -0.4 is 4.90 Å². The van der Waals surface area contributed by atoms with E-state index in [0.717, 1.165) is 37.9 Å². The van der Waals surface area contributed by atoms with Crippen molar-refractivity contribution >= 4 is 17.6 Å². The first-order valence-corrected chi connectivity index (χ1v) is 9.70. The van der Waals surface area contributed by atoms with Gasteiger partial charge in [-0.15, -0.1) is 0 Å². The number of carbonyl (C=O) groups is 2. The van der Waals surface area contributed by atoms with Crippen LogP contribution in [0.15, 0.2) is 30.3 Å². The summed E-state index contributed by atoms with van der Waals surface area (Å²) in [4.78, 5) is 26.1. The first-order valence-electron chi connectivity index (χ1n) is 9.70. The molecule has 1 rings (SSSR count). The van der Waals surface area contributed by atoms with Crippen LogP contribution in [0.5, 0.6) is 0 Å². The van der Waals surface area contributed by atoms with Crippen molar-refractivity contribution in [3.63, 3.8) is 0 Å². The Kier molecular flexibility index (Phi) is 11.4. The molecule has 0 unspecified atom stereocenters. The van der Waals surface area contributed by atoms with Crippen molar-refractivity contribution < 1.29 is 14.3 Å². The molecule has 1 aromatic carbocycles. The predicted octanol–water partition coefficient (Wildman–Crippen LogP) is 5.11. The number of rotatable bonds is 13.